The zero-order valence-electron chi connectivity index (χ0n) is 8.14. The Hall–Kier alpha value is 0.700. The molecule has 0 spiro atoms. The maximum absolute atomic E-state index is 2.23. The normalized spacial score (nSPS) is 10.7. The Labute approximate surface area is 90.4 Å². The van der Waals surface area contributed by atoms with Gasteiger partial charge < -0.3 is 1.43 Å². The van der Waals surface area contributed by atoms with Gasteiger partial charge in [0.1, 0.15) is 0 Å². The van der Waals surface area contributed by atoms with Crippen LogP contribution in [0.3, 0.4) is 0 Å². The quantitative estimate of drug-likeness (QED) is 0.479. The molecule has 0 unspecified atom stereocenters. The summed E-state index contributed by atoms with van der Waals surface area (Å²) in [5, 5.41) is 2.13. The number of hydrogen-bond acceptors (Lipinski definition) is 1. The van der Waals surface area contributed by atoms with Gasteiger partial charge in [-0.2, -0.15) is 0 Å². The molecule has 0 aliphatic rings. The van der Waals surface area contributed by atoms with Crippen LogP contribution in [-0.2, 0) is 5.41 Å². The van der Waals surface area contributed by atoms with Gasteiger partial charge in [-0.3, -0.25) is 0 Å². The van der Waals surface area contributed by atoms with E-state index in [9.17, 15) is 0 Å². The van der Waals surface area contributed by atoms with Crippen LogP contribution in [0.15, 0.2) is 17.5 Å². The van der Waals surface area contributed by atoms with Crippen LogP contribution in [0, 0.1) is 0 Å². The molecular weight excluding hydrogens is 151 g/mol. The Morgan fingerprint density at radius 2 is 2.00 bits per heavy atom. The average molecular weight is 164 g/mol. The minimum atomic E-state index is 0. The monoisotopic (exact) mass is 164 g/mol. The number of hydrogen-bond donors (Lipinski definition) is 0. The van der Waals surface area contributed by atoms with Crippen molar-refractivity contribution in [2.75, 3.05) is 0 Å². The van der Waals surface area contributed by atoms with Gasteiger partial charge in [0, 0.05) is 4.88 Å². The second-order valence-corrected chi connectivity index (χ2v) is 4.17. The Morgan fingerprint density at radius 3 is 2.20 bits per heavy atom. The largest absolute Gasteiger partial charge is 1.00 e. The second kappa shape index (κ2) is 3.91. The van der Waals surface area contributed by atoms with Crippen LogP contribution in [0.25, 0.3) is 0 Å². The molecule has 0 atom stereocenters. The first-order chi connectivity index (χ1) is 4.11. The van der Waals surface area contributed by atoms with Gasteiger partial charge in [-0.25, -0.2) is 0 Å². The van der Waals surface area contributed by atoms with Crippen molar-refractivity contribution < 1.29 is 31.0 Å². The molecule has 1 aromatic rings. The zero-order chi connectivity index (χ0) is 6.91. The van der Waals surface area contributed by atoms with Gasteiger partial charge >= 0.3 is 29.6 Å². The minimum Gasteiger partial charge on any atom is -1.00 e. The summed E-state index contributed by atoms with van der Waals surface area (Å²) in [5.74, 6) is 0. The van der Waals surface area contributed by atoms with Crippen molar-refractivity contribution in [3.63, 3.8) is 0 Å². The maximum atomic E-state index is 2.23. The van der Waals surface area contributed by atoms with Gasteiger partial charge in [-0.05, 0) is 16.9 Å². The Kier molecular flexibility index (Phi) is 4.19. The van der Waals surface area contributed by atoms with Crippen molar-refractivity contribution in [3.8, 4) is 0 Å². The van der Waals surface area contributed by atoms with Crippen molar-refractivity contribution in [1.82, 2.24) is 0 Å². The number of rotatable bonds is 0. The van der Waals surface area contributed by atoms with E-state index in [1.54, 1.807) is 0 Å². The first kappa shape index (κ1) is 10.7. The summed E-state index contributed by atoms with van der Waals surface area (Å²) in [7, 11) is 0. The fraction of sp³-hybridized carbons (Fsp3) is 0.500. The van der Waals surface area contributed by atoms with E-state index in [0.717, 1.165) is 0 Å². The molecule has 0 amide bonds. The van der Waals surface area contributed by atoms with Gasteiger partial charge in [-0.1, -0.05) is 26.8 Å². The fourth-order valence-electron chi connectivity index (χ4n) is 0.705. The Morgan fingerprint density at radius 1 is 1.40 bits per heavy atom. The van der Waals surface area contributed by atoms with Gasteiger partial charge in [0.2, 0.25) is 0 Å². The summed E-state index contributed by atoms with van der Waals surface area (Å²) in [5.41, 5.74) is 0.341. The Bertz CT molecular complexity index is 176. The van der Waals surface area contributed by atoms with Crippen LogP contribution >= 0.6 is 11.3 Å². The van der Waals surface area contributed by atoms with Crippen LogP contribution < -0.4 is 29.6 Å². The molecule has 2 heteroatoms. The molecule has 52 valence electrons. The molecule has 1 rings (SSSR count). The van der Waals surface area contributed by atoms with Gasteiger partial charge in [0.25, 0.3) is 0 Å². The summed E-state index contributed by atoms with van der Waals surface area (Å²) in [4.78, 5) is 1.46. The molecule has 0 aromatic carbocycles. The van der Waals surface area contributed by atoms with Crippen molar-refractivity contribution in [1.29, 1.82) is 0 Å². The van der Waals surface area contributed by atoms with E-state index in [1.165, 1.54) is 4.88 Å². The first-order valence-corrected chi connectivity index (χ1v) is 4.02. The van der Waals surface area contributed by atoms with E-state index in [1.807, 2.05) is 11.3 Å². The molecular formula is C8H13NaS. The van der Waals surface area contributed by atoms with Crippen molar-refractivity contribution in [2.24, 2.45) is 0 Å². The molecule has 0 aliphatic heterocycles. The fourth-order valence-corrected chi connectivity index (χ4v) is 1.52. The molecule has 1 heterocycles. The van der Waals surface area contributed by atoms with Gasteiger partial charge in [-0.15, -0.1) is 11.3 Å². The molecule has 0 saturated heterocycles. The zero-order valence-corrected chi connectivity index (χ0v) is 9.96. The molecule has 0 N–H and O–H groups in total. The predicted octanol–water partition coefficient (Wildman–Crippen LogP) is 0.162. The third kappa shape index (κ3) is 2.75. The third-order valence-corrected chi connectivity index (χ3v) is 2.56. The van der Waals surface area contributed by atoms with E-state index >= 15 is 0 Å². The average Bonchev–Trinajstić information content (AvgIpc) is 2.08. The summed E-state index contributed by atoms with van der Waals surface area (Å²) in [6.07, 6.45) is 0. The Balaban J connectivity index is 0. The van der Waals surface area contributed by atoms with Crippen molar-refractivity contribution >= 4 is 11.3 Å². The van der Waals surface area contributed by atoms with Crippen LogP contribution in [0.2, 0.25) is 0 Å². The summed E-state index contributed by atoms with van der Waals surface area (Å²) < 4.78 is 0. The molecule has 1 aromatic heterocycles. The second-order valence-electron chi connectivity index (χ2n) is 3.23. The van der Waals surface area contributed by atoms with E-state index in [4.69, 9.17) is 0 Å². The van der Waals surface area contributed by atoms with Gasteiger partial charge in [0.05, 0.1) is 0 Å². The van der Waals surface area contributed by atoms with Crippen LogP contribution in [0.1, 0.15) is 27.1 Å². The molecule has 10 heavy (non-hydrogen) atoms. The summed E-state index contributed by atoms with van der Waals surface area (Å²) in [6.45, 7) is 6.70. The third-order valence-electron chi connectivity index (χ3n) is 1.26. The standard InChI is InChI=1S/C8H12S.Na.H/c1-8(2,3)7-5-4-6-9-7;;/h4-6H,1-3H3;;/q;+1;-1. The summed E-state index contributed by atoms with van der Waals surface area (Å²) in [6, 6.07) is 4.29. The minimum absolute atomic E-state index is 0. The smallest absolute Gasteiger partial charge is 1.00 e. The molecule has 0 bridgehead atoms. The number of thiophene rings is 1. The molecule has 0 nitrogen and oxygen atoms in total. The molecule has 0 saturated carbocycles. The van der Waals surface area contributed by atoms with Gasteiger partial charge in [0.15, 0.2) is 0 Å². The molecule has 0 fully saturated rings. The molecule has 0 aliphatic carbocycles. The maximum Gasteiger partial charge on any atom is 1.00 e. The van der Waals surface area contributed by atoms with E-state index in [2.05, 4.69) is 38.3 Å². The van der Waals surface area contributed by atoms with E-state index in [-0.39, 0.29) is 31.0 Å². The predicted molar refractivity (Wildman–Crippen MR) is 44.1 cm³/mol. The van der Waals surface area contributed by atoms with Crippen LogP contribution in [-0.4, -0.2) is 0 Å². The topological polar surface area (TPSA) is 0 Å². The first-order valence-electron chi connectivity index (χ1n) is 3.15. The van der Waals surface area contributed by atoms with E-state index < -0.39 is 0 Å². The SMILES string of the molecule is CC(C)(C)c1cccs1.[H-].[Na+]. The molecule has 0 radical (unpaired) electrons. The van der Waals surface area contributed by atoms with Crippen molar-refractivity contribution in [2.45, 2.75) is 26.2 Å². The summed E-state index contributed by atoms with van der Waals surface area (Å²) >= 11 is 1.83. The van der Waals surface area contributed by atoms with Crippen LogP contribution in [0.5, 0.6) is 0 Å². The van der Waals surface area contributed by atoms with Crippen LogP contribution in [0.4, 0.5) is 0 Å². The van der Waals surface area contributed by atoms with Crippen molar-refractivity contribution in [3.05, 3.63) is 22.4 Å². The van der Waals surface area contributed by atoms with E-state index in [0.29, 0.717) is 5.41 Å².